The van der Waals surface area contributed by atoms with Gasteiger partial charge in [0.1, 0.15) is 17.5 Å². The summed E-state index contributed by atoms with van der Waals surface area (Å²) in [7, 11) is -2.94. The Morgan fingerprint density at radius 1 is 1.24 bits per heavy atom. The molecule has 1 unspecified atom stereocenters. The Labute approximate surface area is 126 Å². The molecule has 7 heteroatoms. The molecule has 0 bridgehead atoms. The van der Waals surface area contributed by atoms with Gasteiger partial charge < -0.3 is 10.6 Å². The lowest BCUT2D eigenvalue weighted by atomic mass is 10.0. The van der Waals surface area contributed by atoms with Crippen LogP contribution in [0.25, 0.3) is 0 Å². The Bertz CT molecular complexity index is 630. The zero-order chi connectivity index (χ0) is 15.7. The van der Waals surface area contributed by atoms with Crippen LogP contribution in [-0.2, 0) is 9.84 Å². The lowest BCUT2D eigenvalue weighted by molar-refractivity contribution is 0.571. The molecule has 1 atom stereocenters. The molecule has 1 aliphatic rings. The standard InChI is InChI=1S/C14H24N4O2S/c1-5-7-15-12-10(2)13(17-11(3)16-12)18-14(4)6-8-21(19,20)9-14/h5-9H2,1-4H3,(H2,15,16,17,18). The van der Waals surface area contributed by atoms with Crippen LogP contribution in [0, 0.1) is 13.8 Å². The Morgan fingerprint density at radius 3 is 2.48 bits per heavy atom. The molecule has 0 spiro atoms. The van der Waals surface area contributed by atoms with E-state index in [9.17, 15) is 8.42 Å². The lowest BCUT2D eigenvalue weighted by Gasteiger charge is -2.26. The highest BCUT2D eigenvalue weighted by molar-refractivity contribution is 7.91. The first-order valence-corrected chi connectivity index (χ1v) is 9.14. The van der Waals surface area contributed by atoms with Crippen molar-refractivity contribution in [3.05, 3.63) is 11.4 Å². The fraction of sp³-hybridized carbons (Fsp3) is 0.714. The summed E-state index contributed by atoms with van der Waals surface area (Å²) < 4.78 is 23.4. The number of aryl methyl sites for hydroxylation is 1. The molecule has 21 heavy (non-hydrogen) atoms. The maximum atomic E-state index is 11.7. The van der Waals surface area contributed by atoms with Gasteiger partial charge in [0.2, 0.25) is 0 Å². The van der Waals surface area contributed by atoms with E-state index in [1.54, 1.807) is 0 Å². The molecule has 1 aromatic rings. The van der Waals surface area contributed by atoms with Gasteiger partial charge in [-0.3, -0.25) is 0 Å². The highest BCUT2D eigenvalue weighted by Gasteiger charge is 2.39. The number of nitrogens with one attached hydrogen (secondary N) is 2. The summed E-state index contributed by atoms with van der Waals surface area (Å²) in [5.74, 6) is 2.60. The van der Waals surface area contributed by atoms with Crippen molar-refractivity contribution in [2.45, 2.75) is 46.1 Å². The molecule has 2 N–H and O–H groups in total. The van der Waals surface area contributed by atoms with Crippen LogP contribution in [0.1, 0.15) is 38.1 Å². The van der Waals surface area contributed by atoms with Gasteiger partial charge in [-0.25, -0.2) is 18.4 Å². The first-order chi connectivity index (χ1) is 9.75. The minimum absolute atomic E-state index is 0.153. The molecule has 6 nitrogen and oxygen atoms in total. The van der Waals surface area contributed by atoms with Gasteiger partial charge in [0.05, 0.1) is 17.0 Å². The monoisotopic (exact) mass is 312 g/mol. The van der Waals surface area contributed by atoms with Gasteiger partial charge in [-0.2, -0.15) is 0 Å². The van der Waals surface area contributed by atoms with E-state index < -0.39 is 15.4 Å². The van der Waals surface area contributed by atoms with E-state index >= 15 is 0 Å². The summed E-state index contributed by atoms with van der Waals surface area (Å²) in [4.78, 5) is 8.86. The molecule has 0 radical (unpaired) electrons. The first kappa shape index (κ1) is 16.0. The largest absolute Gasteiger partial charge is 0.370 e. The van der Waals surface area contributed by atoms with Crippen molar-refractivity contribution in [1.82, 2.24) is 9.97 Å². The lowest BCUT2D eigenvalue weighted by Crippen LogP contribution is -2.36. The predicted octanol–water partition coefficient (Wildman–Crippen LogP) is 1.90. The molecule has 0 aromatic carbocycles. The van der Waals surface area contributed by atoms with E-state index in [1.807, 2.05) is 20.8 Å². The van der Waals surface area contributed by atoms with Gasteiger partial charge in [0, 0.05) is 12.1 Å². The molecule has 1 fully saturated rings. The van der Waals surface area contributed by atoms with E-state index in [0.29, 0.717) is 12.2 Å². The second kappa shape index (κ2) is 5.79. The van der Waals surface area contributed by atoms with E-state index in [4.69, 9.17) is 0 Å². The third kappa shape index (κ3) is 3.84. The van der Waals surface area contributed by atoms with E-state index in [2.05, 4.69) is 27.5 Å². The molecular formula is C14H24N4O2S. The fourth-order valence-electron chi connectivity index (χ4n) is 2.56. The summed E-state index contributed by atoms with van der Waals surface area (Å²) in [5.41, 5.74) is 0.478. The molecular weight excluding hydrogens is 288 g/mol. The molecule has 1 aromatic heterocycles. The summed E-state index contributed by atoms with van der Waals surface area (Å²) in [5, 5.41) is 6.62. The van der Waals surface area contributed by atoms with Crippen molar-refractivity contribution >= 4 is 21.5 Å². The summed E-state index contributed by atoms with van der Waals surface area (Å²) in [6.07, 6.45) is 1.62. The predicted molar refractivity (Wildman–Crippen MR) is 85.6 cm³/mol. The average Bonchev–Trinajstić information content (AvgIpc) is 2.65. The van der Waals surface area contributed by atoms with Crippen molar-refractivity contribution in [2.24, 2.45) is 0 Å². The minimum atomic E-state index is -2.94. The fourth-order valence-corrected chi connectivity index (χ4v) is 4.65. The molecule has 0 aliphatic carbocycles. The zero-order valence-corrected chi connectivity index (χ0v) is 14.0. The molecule has 1 saturated heterocycles. The smallest absolute Gasteiger partial charge is 0.152 e. The SMILES string of the molecule is CCCNc1nc(C)nc(NC2(C)CCS(=O)(=O)C2)c1C. The van der Waals surface area contributed by atoms with E-state index in [-0.39, 0.29) is 11.5 Å². The summed E-state index contributed by atoms with van der Waals surface area (Å²) in [6.45, 7) is 8.68. The molecule has 2 rings (SSSR count). The maximum absolute atomic E-state index is 11.7. The van der Waals surface area contributed by atoms with Crippen LogP contribution in [-0.4, -0.2) is 42.0 Å². The second-order valence-corrected chi connectivity index (χ2v) is 8.23. The van der Waals surface area contributed by atoms with Crippen LogP contribution in [0.3, 0.4) is 0 Å². The van der Waals surface area contributed by atoms with Crippen LogP contribution in [0.2, 0.25) is 0 Å². The highest BCUT2D eigenvalue weighted by atomic mass is 32.2. The molecule has 2 heterocycles. The topological polar surface area (TPSA) is 84.0 Å². The van der Waals surface area contributed by atoms with Crippen molar-refractivity contribution < 1.29 is 8.42 Å². The van der Waals surface area contributed by atoms with Crippen LogP contribution < -0.4 is 10.6 Å². The molecule has 1 aliphatic heterocycles. The highest BCUT2D eigenvalue weighted by Crippen LogP contribution is 2.29. The van der Waals surface area contributed by atoms with Crippen molar-refractivity contribution in [2.75, 3.05) is 28.7 Å². The number of aromatic nitrogens is 2. The van der Waals surface area contributed by atoms with Crippen molar-refractivity contribution in [1.29, 1.82) is 0 Å². The Hall–Kier alpha value is -1.37. The second-order valence-electron chi connectivity index (χ2n) is 6.05. The van der Waals surface area contributed by atoms with Gasteiger partial charge in [0.25, 0.3) is 0 Å². The zero-order valence-electron chi connectivity index (χ0n) is 13.2. The molecule has 118 valence electrons. The van der Waals surface area contributed by atoms with Crippen LogP contribution in [0.5, 0.6) is 0 Å². The third-order valence-electron chi connectivity index (χ3n) is 3.72. The Kier molecular flexibility index (Phi) is 4.41. The van der Waals surface area contributed by atoms with Crippen LogP contribution in [0.15, 0.2) is 0 Å². The maximum Gasteiger partial charge on any atom is 0.152 e. The number of hydrogen-bond donors (Lipinski definition) is 2. The first-order valence-electron chi connectivity index (χ1n) is 7.32. The van der Waals surface area contributed by atoms with E-state index in [1.165, 1.54) is 0 Å². The molecule has 0 saturated carbocycles. The number of sulfone groups is 1. The molecule has 0 amide bonds. The summed E-state index contributed by atoms with van der Waals surface area (Å²) in [6, 6.07) is 0. The minimum Gasteiger partial charge on any atom is -0.370 e. The quantitative estimate of drug-likeness (QED) is 0.864. The van der Waals surface area contributed by atoms with E-state index in [0.717, 1.165) is 30.2 Å². The number of rotatable bonds is 5. The number of anilines is 2. The van der Waals surface area contributed by atoms with Gasteiger partial charge in [0.15, 0.2) is 9.84 Å². The Morgan fingerprint density at radius 2 is 1.90 bits per heavy atom. The Balaban J connectivity index is 2.26. The van der Waals surface area contributed by atoms with Crippen molar-refractivity contribution in [3.63, 3.8) is 0 Å². The van der Waals surface area contributed by atoms with Gasteiger partial charge in [-0.15, -0.1) is 0 Å². The van der Waals surface area contributed by atoms with Crippen molar-refractivity contribution in [3.8, 4) is 0 Å². The summed E-state index contributed by atoms with van der Waals surface area (Å²) >= 11 is 0. The number of hydrogen-bond acceptors (Lipinski definition) is 6. The average molecular weight is 312 g/mol. The van der Waals surface area contributed by atoms with Gasteiger partial charge >= 0.3 is 0 Å². The third-order valence-corrected chi connectivity index (χ3v) is 5.63. The number of nitrogens with zero attached hydrogens (tertiary/aromatic N) is 2. The van der Waals surface area contributed by atoms with Crippen LogP contribution >= 0.6 is 0 Å². The van der Waals surface area contributed by atoms with Gasteiger partial charge in [-0.05, 0) is 33.6 Å². The normalized spacial score (nSPS) is 24.0. The van der Waals surface area contributed by atoms with Crippen LogP contribution in [0.4, 0.5) is 11.6 Å². The van der Waals surface area contributed by atoms with Gasteiger partial charge in [-0.1, -0.05) is 6.92 Å².